The van der Waals surface area contributed by atoms with E-state index in [1.54, 1.807) is 0 Å². The van der Waals surface area contributed by atoms with Gasteiger partial charge in [0.1, 0.15) is 0 Å². The number of carbonyl (C=O) groups is 1. The standard InChI is InChI=1S/C14H17FN4O3/c15-22-14(20)10-6-19(7-10)12-4-3-8-1-2-9(5-11(8)12)13(17-16)18-21/h1-2,5,10,12-13,16,18,21H,3-4,6-7H2. The van der Waals surface area contributed by atoms with Gasteiger partial charge in [-0.2, -0.15) is 10.6 Å². The fourth-order valence-corrected chi connectivity index (χ4v) is 3.31. The van der Waals surface area contributed by atoms with Gasteiger partial charge in [0.2, 0.25) is 0 Å². The van der Waals surface area contributed by atoms with Crippen molar-refractivity contribution in [2.24, 2.45) is 11.0 Å². The van der Waals surface area contributed by atoms with Gasteiger partial charge in [-0.3, -0.25) is 9.84 Å². The lowest BCUT2D eigenvalue weighted by molar-refractivity contribution is -0.195. The lowest BCUT2D eigenvalue weighted by Crippen LogP contribution is -2.51. The highest BCUT2D eigenvalue weighted by Gasteiger charge is 2.40. The van der Waals surface area contributed by atoms with Gasteiger partial charge in [0, 0.05) is 23.7 Å². The first-order valence-electron chi connectivity index (χ1n) is 7.13. The van der Waals surface area contributed by atoms with E-state index in [4.69, 9.17) is 10.7 Å². The lowest BCUT2D eigenvalue weighted by Gasteiger charge is -2.41. The Morgan fingerprint density at radius 1 is 1.55 bits per heavy atom. The number of aryl methyl sites for hydroxylation is 1. The third-order valence-electron chi connectivity index (χ3n) is 4.54. The number of halogens is 1. The predicted molar refractivity (Wildman–Crippen MR) is 72.6 cm³/mol. The van der Waals surface area contributed by atoms with Gasteiger partial charge in [0.15, 0.2) is 6.17 Å². The van der Waals surface area contributed by atoms with E-state index in [9.17, 15) is 9.32 Å². The number of hydrogen-bond donors (Lipinski definition) is 3. The van der Waals surface area contributed by atoms with Crippen molar-refractivity contribution in [2.45, 2.75) is 25.0 Å². The van der Waals surface area contributed by atoms with Crippen LogP contribution in [0.2, 0.25) is 0 Å². The van der Waals surface area contributed by atoms with Crippen LogP contribution < -0.4 is 5.48 Å². The third kappa shape index (κ3) is 2.49. The van der Waals surface area contributed by atoms with Crippen LogP contribution in [0.25, 0.3) is 0 Å². The van der Waals surface area contributed by atoms with E-state index in [1.165, 1.54) is 5.56 Å². The van der Waals surface area contributed by atoms with Crippen molar-refractivity contribution in [3.63, 3.8) is 0 Å². The van der Waals surface area contributed by atoms with E-state index < -0.39 is 18.1 Å². The summed E-state index contributed by atoms with van der Waals surface area (Å²) in [6, 6.07) is 5.92. The van der Waals surface area contributed by atoms with Crippen LogP contribution in [0.5, 0.6) is 0 Å². The highest BCUT2D eigenvalue weighted by molar-refractivity contribution is 5.73. The molecular formula is C14H17FN4O3. The Morgan fingerprint density at radius 2 is 2.32 bits per heavy atom. The highest BCUT2D eigenvalue weighted by Crippen LogP contribution is 2.40. The molecule has 1 fully saturated rings. The Labute approximate surface area is 126 Å². The maximum absolute atomic E-state index is 11.9. The van der Waals surface area contributed by atoms with Crippen molar-refractivity contribution in [1.29, 1.82) is 5.53 Å². The molecule has 8 heteroatoms. The minimum absolute atomic E-state index is 0.170. The minimum atomic E-state index is -0.805. The summed E-state index contributed by atoms with van der Waals surface area (Å²) in [5, 5.41) is 12.3. The summed E-state index contributed by atoms with van der Waals surface area (Å²) in [6.07, 6.45) is 1.09. The first-order chi connectivity index (χ1) is 10.7. The number of benzene rings is 1. The van der Waals surface area contributed by atoms with Gasteiger partial charge in [-0.05, 0) is 29.5 Å². The van der Waals surface area contributed by atoms with Gasteiger partial charge < -0.3 is 5.21 Å². The molecule has 22 heavy (non-hydrogen) atoms. The van der Waals surface area contributed by atoms with Gasteiger partial charge in [-0.1, -0.05) is 18.2 Å². The number of rotatable bonds is 5. The average Bonchev–Trinajstić information content (AvgIpc) is 2.90. The summed E-state index contributed by atoms with van der Waals surface area (Å²) >= 11 is 0. The summed E-state index contributed by atoms with van der Waals surface area (Å²) in [6.45, 7) is 0.975. The van der Waals surface area contributed by atoms with E-state index in [2.05, 4.69) is 15.0 Å². The van der Waals surface area contributed by atoms with Crippen LogP contribution in [0.1, 0.15) is 35.3 Å². The molecule has 2 unspecified atom stereocenters. The number of carbonyl (C=O) groups excluding carboxylic acids is 1. The van der Waals surface area contributed by atoms with Crippen LogP contribution in [0.4, 0.5) is 4.53 Å². The van der Waals surface area contributed by atoms with Crippen LogP contribution >= 0.6 is 0 Å². The summed E-state index contributed by atoms with van der Waals surface area (Å²) in [7, 11) is 0. The first kappa shape index (κ1) is 15.0. The van der Waals surface area contributed by atoms with Crippen LogP contribution in [0, 0.1) is 11.4 Å². The zero-order chi connectivity index (χ0) is 15.7. The second-order valence-electron chi connectivity index (χ2n) is 5.72. The van der Waals surface area contributed by atoms with Crippen LogP contribution in [0.3, 0.4) is 0 Å². The molecule has 1 saturated heterocycles. The molecule has 3 N–H and O–H groups in total. The minimum Gasteiger partial charge on any atom is -0.314 e. The largest absolute Gasteiger partial charge is 0.354 e. The molecule has 0 spiro atoms. The molecule has 0 saturated carbocycles. The van der Waals surface area contributed by atoms with Gasteiger partial charge in [0.05, 0.1) is 5.92 Å². The maximum Gasteiger partial charge on any atom is 0.354 e. The van der Waals surface area contributed by atoms with E-state index in [0.29, 0.717) is 18.7 Å². The molecule has 2 atom stereocenters. The van der Waals surface area contributed by atoms with Gasteiger partial charge in [-0.25, -0.2) is 10.3 Å². The molecule has 1 aliphatic heterocycles. The predicted octanol–water partition coefficient (Wildman–Crippen LogP) is 2.04. The number of hydrogen-bond acceptors (Lipinski definition) is 7. The molecule has 7 nitrogen and oxygen atoms in total. The molecule has 0 radical (unpaired) electrons. The molecule has 1 aromatic carbocycles. The van der Waals surface area contributed by atoms with Crippen molar-refractivity contribution >= 4 is 5.97 Å². The third-order valence-corrected chi connectivity index (χ3v) is 4.54. The second kappa shape index (κ2) is 6.07. The molecule has 1 aromatic rings. The number of likely N-dealkylation sites (tertiary alicyclic amines) is 1. The number of nitrogens with zero attached hydrogens (tertiary/aromatic N) is 2. The van der Waals surface area contributed by atoms with E-state index in [-0.39, 0.29) is 6.04 Å². The normalized spacial score (nSPS) is 22.7. The SMILES string of the molecule is N=NC(NO)c1ccc2c(c1)C(N1CC(C(=O)OF)C1)CC2. The number of nitrogens with one attached hydrogen (secondary N) is 2. The van der Waals surface area contributed by atoms with Crippen molar-refractivity contribution < 1.29 is 19.5 Å². The Kier molecular flexibility index (Phi) is 4.14. The monoisotopic (exact) mass is 308 g/mol. The average molecular weight is 308 g/mol. The Bertz CT molecular complexity index is 591. The molecule has 0 aromatic heterocycles. The van der Waals surface area contributed by atoms with E-state index in [1.807, 2.05) is 23.7 Å². The molecule has 1 aliphatic carbocycles. The molecule has 1 heterocycles. The molecule has 0 amide bonds. The molecule has 3 rings (SSSR count). The topological polar surface area (TPSA) is 98.0 Å². The summed E-state index contributed by atoms with van der Waals surface area (Å²) in [4.78, 5) is 16.5. The summed E-state index contributed by atoms with van der Waals surface area (Å²) < 4.78 is 11.9. The first-order valence-corrected chi connectivity index (χ1v) is 7.13. The van der Waals surface area contributed by atoms with Crippen molar-refractivity contribution in [1.82, 2.24) is 10.4 Å². The Balaban J connectivity index is 1.75. The lowest BCUT2D eigenvalue weighted by atomic mass is 9.94. The van der Waals surface area contributed by atoms with Crippen molar-refractivity contribution in [3.05, 3.63) is 34.9 Å². The fraction of sp³-hybridized carbons (Fsp3) is 0.500. The second-order valence-corrected chi connectivity index (χ2v) is 5.72. The number of hydroxylamine groups is 1. The van der Waals surface area contributed by atoms with E-state index >= 15 is 0 Å². The molecular weight excluding hydrogens is 291 g/mol. The molecule has 118 valence electrons. The van der Waals surface area contributed by atoms with Crippen LogP contribution in [0.15, 0.2) is 23.3 Å². The number of fused-ring (bicyclic) bond motifs is 1. The van der Waals surface area contributed by atoms with Crippen LogP contribution in [-0.4, -0.2) is 29.2 Å². The van der Waals surface area contributed by atoms with Gasteiger partial charge in [-0.15, -0.1) is 0 Å². The maximum atomic E-state index is 11.9. The Morgan fingerprint density at radius 3 is 2.95 bits per heavy atom. The molecule has 2 aliphatic rings. The highest BCUT2D eigenvalue weighted by atomic mass is 19.3. The van der Waals surface area contributed by atoms with E-state index in [0.717, 1.165) is 18.4 Å². The fourth-order valence-electron chi connectivity index (χ4n) is 3.31. The van der Waals surface area contributed by atoms with Crippen molar-refractivity contribution in [3.8, 4) is 0 Å². The summed E-state index contributed by atoms with van der Waals surface area (Å²) in [5.41, 5.74) is 12.1. The zero-order valence-corrected chi connectivity index (χ0v) is 11.8. The summed E-state index contributed by atoms with van der Waals surface area (Å²) in [5.74, 6) is -1.20. The quantitative estimate of drug-likeness (QED) is 0.571. The zero-order valence-electron chi connectivity index (χ0n) is 11.8. The smallest absolute Gasteiger partial charge is 0.314 e. The van der Waals surface area contributed by atoms with Gasteiger partial charge in [0.25, 0.3) is 0 Å². The van der Waals surface area contributed by atoms with Crippen molar-refractivity contribution in [2.75, 3.05) is 13.1 Å². The van der Waals surface area contributed by atoms with Crippen LogP contribution in [-0.2, 0) is 16.2 Å². The van der Waals surface area contributed by atoms with Gasteiger partial charge >= 0.3 is 5.97 Å². The molecule has 0 bridgehead atoms. The Hall–Kier alpha value is -1.90.